The monoisotopic (exact) mass is 477 g/mol. The van der Waals surface area contributed by atoms with Crippen LogP contribution in [0.25, 0.3) is 0 Å². The Morgan fingerprint density at radius 2 is 1.50 bits per heavy atom. The fourth-order valence-electron chi connectivity index (χ4n) is 3.38. The molecular weight excluding hydrogens is 454 g/mol. The second-order valence-electron chi connectivity index (χ2n) is 7.45. The van der Waals surface area contributed by atoms with E-state index in [-0.39, 0.29) is 19.0 Å². The molecule has 0 aliphatic rings. The number of nitrogens with zero attached hydrogens (tertiary/aromatic N) is 3. The van der Waals surface area contributed by atoms with Crippen LogP contribution in [0.5, 0.6) is 5.75 Å². The van der Waals surface area contributed by atoms with Gasteiger partial charge < -0.3 is 10.1 Å². The van der Waals surface area contributed by atoms with Crippen LogP contribution in [0, 0.1) is 0 Å². The highest BCUT2D eigenvalue weighted by atomic mass is 32.2. The van der Waals surface area contributed by atoms with Crippen molar-refractivity contribution in [3.8, 4) is 5.75 Å². The number of hydrogen-bond acceptors (Lipinski definition) is 6. The summed E-state index contributed by atoms with van der Waals surface area (Å²) in [5.74, 6) is 0.788. The van der Waals surface area contributed by atoms with Gasteiger partial charge in [-0.2, -0.15) is 4.98 Å². The van der Waals surface area contributed by atoms with E-state index in [2.05, 4.69) is 10.3 Å². The Morgan fingerprint density at radius 1 is 0.882 bits per heavy atom. The van der Waals surface area contributed by atoms with Gasteiger partial charge in [0, 0.05) is 5.69 Å². The molecule has 0 spiro atoms. The second kappa shape index (κ2) is 10.3. The number of aromatic nitrogens is 3. The van der Waals surface area contributed by atoms with Crippen molar-refractivity contribution in [1.82, 2.24) is 14.1 Å². The lowest BCUT2D eigenvalue weighted by atomic mass is 10.2. The number of hydrogen-bond donors (Lipinski definition) is 2. The van der Waals surface area contributed by atoms with Gasteiger partial charge in [-0.3, -0.25) is 4.57 Å². The van der Waals surface area contributed by atoms with Crippen molar-refractivity contribution in [2.75, 3.05) is 12.4 Å². The second-order valence-corrected chi connectivity index (χ2v) is 8.52. The quantitative estimate of drug-likeness (QED) is 0.401. The van der Waals surface area contributed by atoms with Crippen LogP contribution in [0.3, 0.4) is 0 Å². The Bertz CT molecular complexity index is 1420. The fraction of sp³-hybridized carbons (Fsp3) is 0.125. The minimum atomic E-state index is -1.61. The van der Waals surface area contributed by atoms with Crippen molar-refractivity contribution in [3.63, 3.8) is 0 Å². The topological polar surface area (TPSA) is 121 Å². The minimum absolute atomic E-state index is 0.0942. The van der Waals surface area contributed by atoms with E-state index < -0.39 is 22.4 Å². The zero-order valence-corrected chi connectivity index (χ0v) is 19.2. The lowest BCUT2D eigenvalue weighted by Gasteiger charge is -2.16. The van der Waals surface area contributed by atoms with Crippen LogP contribution in [0.2, 0.25) is 0 Å². The first-order valence-corrected chi connectivity index (χ1v) is 11.6. The molecule has 0 aliphatic carbocycles. The average molecular weight is 478 g/mol. The maximum atomic E-state index is 13.4. The molecule has 3 aromatic carbocycles. The Balaban J connectivity index is 1.75. The van der Waals surface area contributed by atoms with E-state index in [1.54, 1.807) is 43.5 Å². The molecule has 3 N–H and O–H groups in total. The fourth-order valence-corrected chi connectivity index (χ4v) is 3.79. The molecule has 0 fully saturated rings. The van der Waals surface area contributed by atoms with Crippen LogP contribution in [0.4, 0.5) is 11.6 Å². The van der Waals surface area contributed by atoms with Crippen molar-refractivity contribution in [1.29, 1.82) is 0 Å². The Hall–Kier alpha value is -4.02. The molecular formula is C24H23N5O4S. The molecule has 0 saturated heterocycles. The minimum Gasteiger partial charge on any atom is -0.497 e. The molecule has 34 heavy (non-hydrogen) atoms. The number of anilines is 2. The van der Waals surface area contributed by atoms with E-state index >= 15 is 0 Å². The molecule has 1 unspecified atom stereocenters. The summed E-state index contributed by atoms with van der Waals surface area (Å²) in [6, 6.07) is 23.0. The summed E-state index contributed by atoms with van der Waals surface area (Å²) in [5, 5.41) is 8.44. The van der Waals surface area contributed by atoms with Crippen molar-refractivity contribution in [3.05, 3.63) is 111 Å². The van der Waals surface area contributed by atoms with E-state index in [4.69, 9.17) is 9.88 Å². The molecule has 0 radical (unpaired) electrons. The Morgan fingerprint density at radius 3 is 2.12 bits per heavy atom. The van der Waals surface area contributed by atoms with Gasteiger partial charge in [0.2, 0.25) is 5.95 Å². The standard InChI is InChI=1S/C24H23N5O4S/c1-33-20-11-7-18(8-12-20)15-28-22(26-19-9-13-21(14-10-19)34(25)32)27-23(30)29(24(28)31)16-17-5-3-2-4-6-17/h2-14H,15-16,25H2,1H3,(H,26,27,30). The van der Waals surface area contributed by atoms with Crippen molar-refractivity contribution < 1.29 is 8.95 Å². The number of rotatable bonds is 8. The largest absolute Gasteiger partial charge is 0.497 e. The molecule has 1 aromatic heterocycles. The van der Waals surface area contributed by atoms with Crippen molar-refractivity contribution >= 4 is 22.6 Å². The van der Waals surface area contributed by atoms with E-state index in [1.807, 2.05) is 42.5 Å². The summed E-state index contributed by atoms with van der Waals surface area (Å²) in [6.45, 7) is 0.281. The highest BCUT2D eigenvalue weighted by Gasteiger charge is 2.15. The van der Waals surface area contributed by atoms with Gasteiger partial charge in [-0.05, 0) is 47.5 Å². The summed E-state index contributed by atoms with van der Waals surface area (Å²) in [6.07, 6.45) is 0. The molecule has 4 rings (SSSR count). The number of nitrogens with one attached hydrogen (secondary N) is 1. The van der Waals surface area contributed by atoms with Gasteiger partial charge in [0.25, 0.3) is 0 Å². The van der Waals surface area contributed by atoms with Gasteiger partial charge >= 0.3 is 11.4 Å². The smallest absolute Gasteiger partial charge is 0.355 e. The summed E-state index contributed by atoms with van der Waals surface area (Å²) < 4.78 is 19.2. The van der Waals surface area contributed by atoms with Gasteiger partial charge in [-0.1, -0.05) is 42.5 Å². The van der Waals surface area contributed by atoms with Crippen LogP contribution in [0.15, 0.2) is 93.3 Å². The molecule has 0 amide bonds. The first kappa shape index (κ1) is 23.1. The maximum Gasteiger partial charge on any atom is 0.355 e. The van der Waals surface area contributed by atoms with Crippen LogP contribution in [0.1, 0.15) is 11.1 Å². The lowest BCUT2D eigenvalue weighted by Crippen LogP contribution is -2.43. The maximum absolute atomic E-state index is 13.4. The van der Waals surface area contributed by atoms with E-state index in [0.29, 0.717) is 16.3 Å². The third kappa shape index (κ3) is 5.30. The first-order chi connectivity index (χ1) is 16.4. The van der Waals surface area contributed by atoms with Gasteiger partial charge in [0.1, 0.15) is 16.7 Å². The van der Waals surface area contributed by atoms with Crippen LogP contribution in [-0.2, 0) is 24.1 Å². The van der Waals surface area contributed by atoms with Gasteiger partial charge in [0.15, 0.2) is 0 Å². The highest BCUT2D eigenvalue weighted by Crippen LogP contribution is 2.17. The predicted molar refractivity (Wildman–Crippen MR) is 131 cm³/mol. The normalized spacial score (nSPS) is 11.7. The molecule has 10 heteroatoms. The number of benzene rings is 3. The zero-order chi connectivity index (χ0) is 24.1. The number of nitrogens with two attached hydrogens (primary N) is 1. The average Bonchev–Trinajstić information content (AvgIpc) is 2.85. The molecule has 4 aromatic rings. The zero-order valence-electron chi connectivity index (χ0n) is 18.4. The molecule has 9 nitrogen and oxygen atoms in total. The molecule has 0 saturated carbocycles. The molecule has 0 bridgehead atoms. The van der Waals surface area contributed by atoms with Crippen LogP contribution in [-0.4, -0.2) is 25.4 Å². The molecule has 1 atom stereocenters. The highest BCUT2D eigenvalue weighted by molar-refractivity contribution is 7.82. The molecule has 0 aliphatic heterocycles. The summed E-state index contributed by atoms with van der Waals surface area (Å²) in [7, 11) is -0.0299. The summed E-state index contributed by atoms with van der Waals surface area (Å²) in [5.41, 5.74) is 1.03. The third-order valence-corrected chi connectivity index (χ3v) is 5.91. The predicted octanol–water partition coefficient (Wildman–Crippen LogP) is 2.24. The number of methoxy groups -OCH3 is 1. The number of ether oxygens (including phenoxy) is 1. The summed E-state index contributed by atoms with van der Waals surface area (Å²) in [4.78, 5) is 30.9. The Labute approximate surface area is 198 Å². The van der Waals surface area contributed by atoms with Crippen molar-refractivity contribution in [2.45, 2.75) is 18.0 Å². The first-order valence-electron chi connectivity index (χ1n) is 10.4. The van der Waals surface area contributed by atoms with Gasteiger partial charge in [-0.15, -0.1) is 0 Å². The summed E-state index contributed by atoms with van der Waals surface area (Å²) >= 11 is 0. The third-order valence-electron chi connectivity index (χ3n) is 5.18. The van der Waals surface area contributed by atoms with E-state index in [1.165, 1.54) is 4.57 Å². The van der Waals surface area contributed by atoms with E-state index in [0.717, 1.165) is 15.7 Å². The SMILES string of the molecule is COc1ccc(Cn2c(Nc3ccc(S(N)=O)cc3)nc(=O)n(Cc3ccccc3)c2=O)cc1. The van der Waals surface area contributed by atoms with Crippen molar-refractivity contribution in [2.24, 2.45) is 5.14 Å². The molecule has 1 heterocycles. The van der Waals surface area contributed by atoms with Gasteiger partial charge in [0.05, 0.1) is 25.1 Å². The van der Waals surface area contributed by atoms with Gasteiger partial charge in [-0.25, -0.2) is 23.5 Å². The lowest BCUT2D eigenvalue weighted by molar-refractivity contribution is 0.414. The van der Waals surface area contributed by atoms with Crippen LogP contribution < -0.4 is 26.6 Å². The molecule has 174 valence electrons. The van der Waals surface area contributed by atoms with Crippen LogP contribution >= 0.6 is 0 Å². The van der Waals surface area contributed by atoms with E-state index in [9.17, 15) is 13.8 Å². The Kier molecular flexibility index (Phi) is 7.00.